The molecule has 0 bridgehead atoms. The molecule has 0 saturated carbocycles. The van der Waals surface area contributed by atoms with E-state index in [9.17, 15) is 0 Å². The molecule has 1 aromatic rings. The van der Waals surface area contributed by atoms with Crippen molar-refractivity contribution in [2.45, 2.75) is 45.6 Å². The Labute approximate surface area is 140 Å². The molecule has 0 spiro atoms. The number of nitrogens with zero attached hydrogens (tertiary/aromatic N) is 1. The summed E-state index contributed by atoms with van der Waals surface area (Å²) in [7, 11) is 5.08. The van der Waals surface area contributed by atoms with E-state index in [2.05, 4.69) is 56.3 Å². The molecule has 0 fully saturated rings. The Kier molecular flexibility index (Phi) is 6.30. The van der Waals surface area contributed by atoms with Crippen LogP contribution in [0.2, 0.25) is 0 Å². The molecule has 0 aromatic heterocycles. The van der Waals surface area contributed by atoms with Crippen LogP contribution in [-0.2, 0) is 5.41 Å². The number of ether oxygens (including phenoxy) is 2. The van der Waals surface area contributed by atoms with E-state index in [0.717, 1.165) is 24.0 Å². The molecule has 0 saturated heterocycles. The maximum atomic E-state index is 5.40. The lowest BCUT2D eigenvalue weighted by atomic mass is 9.84. The van der Waals surface area contributed by atoms with Crippen molar-refractivity contribution in [3.8, 4) is 11.5 Å². The van der Waals surface area contributed by atoms with Gasteiger partial charge in [0, 0.05) is 24.5 Å². The minimum atomic E-state index is -0.0882. The number of nitrogens with one attached hydrogen (secondary N) is 2. The van der Waals surface area contributed by atoms with E-state index in [1.54, 1.807) is 21.3 Å². The molecule has 5 nitrogen and oxygen atoms in total. The molecule has 130 valence electrons. The van der Waals surface area contributed by atoms with Crippen molar-refractivity contribution in [1.29, 1.82) is 0 Å². The number of guanidine groups is 1. The van der Waals surface area contributed by atoms with E-state index in [1.165, 1.54) is 5.56 Å². The maximum absolute atomic E-state index is 5.40. The first-order valence-corrected chi connectivity index (χ1v) is 7.84. The third-order valence-corrected chi connectivity index (χ3v) is 3.58. The normalized spacial score (nSPS) is 12.8. The van der Waals surface area contributed by atoms with Crippen molar-refractivity contribution in [3.63, 3.8) is 0 Å². The highest BCUT2D eigenvalue weighted by Crippen LogP contribution is 2.32. The van der Waals surface area contributed by atoms with Crippen LogP contribution < -0.4 is 20.1 Å². The SMILES string of the molecule is CN=C(NCC(C)(C)c1ccc(OC)c(OC)c1)NC(C)(C)C. The van der Waals surface area contributed by atoms with Gasteiger partial charge in [0.15, 0.2) is 17.5 Å². The fourth-order valence-electron chi connectivity index (χ4n) is 2.20. The number of methoxy groups -OCH3 is 2. The number of rotatable bonds is 5. The highest BCUT2D eigenvalue weighted by molar-refractivity contribution is 5.80. The standard InChI is InChI=1S/C18H31N3O2/c1-17(2,3)21-16(19-6)20-12-18(4,5)13-9-10-14(22-7)15(11-13)23-8/h9-11H,12H2,1-8H3,(H2,19,20,21). The second-order valence-corrected chi connectivity index (χ2v) is 7.25. The number of hydrogen-bond donors (Lipinski definition) is 2. The third kappa shape index (κ3) is 5.66. The second kappa shape index (κ2) is 7.57. The van der Waals surface area contributed by atoms with Crippen LogP contribution in [0, 0.1) is 0 Å². The quantitative estimate of drug-likeness (QED) is 0.647. The minimum Gasteiger partial charge on any atom is -0.493 e. The third-order valence-electron chi connectivity index (χ3n) is 3.58. The van der Waals surface area contributed by atoms with Gasteiger partial charge >= 0.3 is 0 Å². The van der Waals surface area contributed by atoms with E-state index >= 15 is 0 Å². The minimum absolute atomic E-state index is 0.0324. The van der Waals surface area contributed by atoms with Gasteiger partial charge in [-0.1, -0.05) is 19.9 Å². The summed E-state index contributed by atoms with van der Waals surface area (Å²) in [4.78, 5) is 4.28. The Morgan fingerprint density at radius 3 is 2.13 bits per heavy atom. The van der Waals surface area contributed by atoms with Crippen molar-refractivity contribution in [1.82, 2.24) is 10.6 Å². The fourth-order valence-corrected chi connectivity index (χ4v) is 2.20. The van der Waals surface area contributed by atoms with Crippen LogP contribution in [0.1, 0.15) is 40.2 Å². The molecule has 0 heterocycles. The van der Waals surface area contributed by atoms with Crippen LogP contribution in [0.4, 0.5) is 0 Å². The van der Waals surface area contributed by atoms with Crippen LogP contribution in [0.3, 0.4) is 0 Å². The van der Waals surface area contributed by atoms with Gasteiger partial charge in [-0.2, -0.15) is 0 Å². The summed E-state index contributed by atoms with van der Waals surface area (Å²) in [5.74, 6) is 2.28. The van der Waals surface area contributed by atoms with E-state index < -0.39 is 0 Å². The summed E-state index contributed by atoms with van der Waals surface area (Å²) in [6.45, 7) is 11.5. The molecule has 0 atom stereocenters. The molecular weight excluding hydrogens is 290 g/mol. The predicted octanol–water partition coefficient (Wildman–Crippen LogP) is 2.94. The Balaban J connectivity index is 2.86. The van der Waals surface area contributed by atoms with Gasteiger partial charge in [0.1, 0.15) is 0 Å². The molecule has 0 unspecified atom stereocenters. The van der Waals surface area contributed by atoms with Crippen molar-refractivity contribution in [2.75, 3.05) is 27.8 Å². The zero-order chi connectivity index (χ0) is 17.7. The molecule has 1 aromatic carbocycles. The maximum Gasteiger partial charge on any atom is 0.191 e. The van der Waals surface area contributed by atoms with Gasteiger partial charge < -0.3 is 20.1 Å². The Morgan fingerprint density at radius 1 is 1.04 bits per heavy atom. The monoisotopic (exact) mass is 321 g/mol. The highest BCUT2D eigenvalue weighted by atomic mass is 16.5. The van der Waals surface area contributed by atoms with Crippen LogP contribution in [0.5, 0.6) is 11.5 Å². The van der Waals surface area contributed by atoms with Crippen molar-refractivity contribution >= 4 is 5.96 Å². The Morgan fingerprint density at radius 2 is 1.65 bits per heavy atom. The smallest absolute Gasteiger partial charge is 0.191 e. The lowest BCUT2D eigenvalue weighted by molar-refractivity contribution is 0.353. The molecule has 0 aliphatic heterocycles. The molecule has 2 N–H and O–H groups in total. The largest absolute Gasteiger partial charge is 0.493 e. The van der Waals surface area contributed by atoms with Gasteiger partial charge in [0.25, 0.3) is 0 Å². The van der Waals surface area contributed by atoms with Gasteiger partial charge in [0.05, 0.1) is 14.2 Å². The van der Waals surface area contributed by atoms with Crippen LogP contribution in [0.25, 0.3) is 0 Å². The van der Waals surface area contributed by atoms with Crippen molar-refractivity contribution < 1.29 is 9.47 Å². The Hall–Kier alpha value is -1.91. The lowest BCUT2D eigenvalue weighted by Crippen LogP contribution is -2.50. The Bertz CT molecular complexity index is 546. The second-order valence-electron chi connectivity index (χ2n) is 7.25. The van der Waals surface area contributed by atoms with E-state index in [1.807, 2.05) is 12.1 Å². The lowest BCUT2D eigenvalue weighted by Gasteiger charge is -2.29. The summed E-state index contributed by atoms with van der Waals surface area (Å²) in [6.07, 6.45) is 0. The van der Waals surface area contributed by atoms with E-state index in [4.69, 9.17) is 9.47 Å². The molecule has 23 heavy (non-hydrogen) atoms. The van der Waals surface area contributed by atoms with Crippen molar-refractivity contribution in [2.24, 2.45) is 4.99 Å². The van der Waals surface area contributed by atoms with Gasteiger partial charge in [0.2, 0.25) is 0 Å². The number of aliphatic imine (C=N–C) groups is 1. The number of hydrogen-bond acceptors (Lipinski definition) is 3. The van der Waals surface area contributed by atoms with Crippen molar-refractivity contribution in [3.05, 3.63) is 23.8 Å². The first-order valence-electron chi connectivity index (χ1n) is 7.84. The molecule has 0 amide bonds. The molecule has 1 rings (SSSR count). The highest BCUT2D eigenvalue weighted by Gasteiger charge is 2.23. The summed E-state index contributed by atoms with van der Waals surface area (Å²) in [5.41, 5.74) is 1.05. The topological polar surface area (TPSA) is 54.9 Å². The number of benzene rings is 1. The molecule has 0 aliphatic carbocycles. The molecule has 0 aliphatic rings. The molecule has 0 radical (unpaired) electrons. The predicted molar refractivity (Wildman–Crippen MR) is 96.8 cm³/mol. The van der Waals surface area contributed by atoms with E-state index in [-0.39, 0.29) is 11.0 Å². The average molecular weight is 321 g/mol. The van der Waals surface area contributed by atoms with Crippen LogP contribution in [0.15, 0.2) is 23.2 Å². The van der Waals surface area contributed by atoms with Gasteiger partial charge in [-0.3, -0.25) is 4.99 Å². The summed E-state index contributed by atoms with van der Waals surface area (Å²) >= 11 is 0. The van der Waals surface area contributed by atoms with Gasteiger partial charge in [-0.25, -0.2) is 0 Å². The van der Waals surface area contributed by atoms with Gasteiger partial charge in [-0.15, -0.1) is 0 Å². The molecular formula is C18H31N3O2. The van der Waals surface area contributed by atoms with Gasteiger partial charge in [-0.05, 0) is 38.5 Å². The summed E-state index contributed by atoms with van der Waals surface area (Å²) < 4.78 is 10.7. The fraction of sp³-hybridized carbons (Fsp3) is 0.611. The summed E-state index contributed by atoms with van der Waals surface area (Å²) in [5, 5.41) is 6.76. The summed E-state index contributed by atoms with van der Waals surface area (Å²) in [6, 6.07) is 6.04. The first-order chi connectivity index (χ1) is 10.6. The van der Waals surface area contributed by atoms with Crippen LogP contribution in [-0.4, -0.2) is 39.3 Å². The average Bonchev–Trinajstić information content (AvgIpc) is 2.49. The first kappa shape index (κ1) is 19.1. The molecule has 5 heteroatoms. The zero-order valence-corrected chi connectivity index (χ0v) is 15.7. The van der Waals surface area contributed by atoms with Crippen LogP contribution >= 0.6 is 0 Å². The zero-order valence-electron chi connectivity index (χ0n) is 15.7. The van der Waals surface area contributed by atoms with E-state index in [0.29, 0.717) is 0 Å².